The Kier molecular flexibility index (Phi) is 8.36. The quantitative estimate of drug-likeness (QED) is 0.597. The van der Waals surface area contributed by atoms with Crippen LogP contribution in [0.15, 0.2) is 23.1 Å². The molecule has 1 N–H and O–H groups in total. The molecule has 166 valence electrons. The van der Waals surface area contributed by atoms with Crippen molar-refractivity contribution in [2.75, 3.05) is 32.8 Å². The Bertz CT molecular complexity index is 890. The largest absolute Gasteiger partial charge is 0.466 e. The topological polar surface area (TPSA) is 119 Å². The Morgan fingerprint density at radius 1 is 1.10 bits per heavy atom. The van der Waals surface area contributed by atoms with Gasteiger partial charge in [0.15, 0.2) is 6.61 Å². The maximum Gasteiger partial charge on any atom is 0.321 e. The highest BCUT2D eigenvalue weighted by Crippen LogP contribution is 2.19. The highest BCUT2D eigenvalue weighted by atomic mass is 32.2. The monoisotopic (exact) mass is 440 g/mol. The first kappa shape index (κ1) is 23.8. The van der Waals surface area contributed by atoms with Crippen molar-refractivity contribution >= 4 is 27.9 Å². The third-order valence-corrected chi connectivity index (χ3v) is 6.42. The second-order valence-corrected chi connectivity index (χ2v) is 8.91. The molecule has 1 aliphatic heterocycles. The van der Waals surface area contributed by atoms with Crippen LogP contribution in [-0.4, -0.2) is 64.0 Å². The summed E-state index contributed by atoms with van der Waals surface area (Å²) in [5.41, 5.74) is 1.77. The van der Waals surface area contributed by atoms with Gasteiger partial charge in [-0.1, -0.05) is 6.07 Å². The van der Waals surface area contributed by atoms with Gasteiger partial charge in [-0.05, 0) is 56.9 Å². The van der Waals surface area contributed by atoms with E-state index >= 15 is 0 Å². The van der Waals surface area contributed by atoms with E-state index in [-0.39, 0.29) is 22.7 Å². The first-order valence-corrected chi connectivity index (χ1v) is 11.3. The van der Waals surface area contributed by atoms with E-state index in [1.54, 1.807) is 19.9 Å². The van der Waals surface area contributed by atoms with Gasteiger partial charge in [0.2, 0.25) is 10.0 Å². The molecule has 1 aromatic carbocycles. The molecule has 0 unspecified atom stereocenters. The van der Waals surface area contributed by atoms with Crippen LogP contribution in [0.1, 0.15) is 30.9 Å². The number of piperidine rings is 1. The number of likely N-dealkylation sites (tertiary alicyclic amines) is 1. The number of ether oxygens (including phenoxy) is 2. The standard InChI is InChI=1S/C20H28N2O7S/c1-4-28-20(25)16-7-9-22(10-8-16)18(23)13-29-19(24)12-21-30(26,27)17-6-5-14(2)15(3)11-17/h5-6,11,16,21H,4,7-10,12-13H2,1-3H3. The predicted molar refractivity (Wildman–Crippen MR) is 108 cm³/mol. The van der Waals surface area contributed by atoms with Crippen molar-refractivity contribution in [2.24, 2.45) is 5.92 Å². The van der Waals surface area contributed by atoms with Crippen molar-refractivity contribution in [1.82, 2.24) is 9.62 Å². The summed E-state index contributed by atoms with van der Waals surface area (Å²) in [7, 11) is -3.86. The van der Waals surface area contributed by atoms with Gasteiger partial charge in [0, 0.05) is 13.1 Å². The maximum atomic E-state index is 12.3. The van der Waals surface area contributed by atoms with Gasteiger partial charge >= 0.3 is 11.9 Å². The minimum absolute atomic E-state index is 0.0546. The number of rotatable bonds is 8. The number of benzene rings is 1. The zero-order valence-corrected chi connectivity index (χ0v) is 18.3. The molecule has 1 heterocycles. The van der Waals surface area contributed by atoms with Crippen LogP contribution in [-0.2, 0) is 33.9 Å². The Balaban J connectivity index is 1.76. The van der Waals surface area contributed by atoms with Gasteiger partial charge in [0.25, 0.3) is 5.91 Å². The van der Waals surface area contributed by atoms with E-state index in [2.05, 4.69) is 4.72 Å². The third kappa shape index (κ3) is 6.53. The van der Waals surface area contributed by atoms with E-state index in [0.717, 1.165) is 11.1 Å². The smallest absolute Gasteiger partial charge is 0.321 e. The average molecular weight is 441 g/mol. The minimum atomic E-state index is -3.86. The molecule has 0 radical (unpaired) electrons. The van der Waals surface area contributed by atoms with Crippen LogP contribution < -0.4 is 4.72 Å². The summed E-state index contributed by atoms with van der Waals surface area (Å²) >= 11 is 0. The Morgan fingerprint density at radius 2 is 1.77 bits per heavy atom. The number of aryl methyl sites for hydroxylation is 2. The molecule has 2 rings (SSSR count). The van der Waals surface area contributed by atoms with Crippen molar-refractivity contribution < 1.29 is 32.3 Å². The van der Waals surface area contributed by atoms with Gasteiger partial charge in [-0.3, -0.25) is 14.4 Å². The van der Waals surface area contributed by atoms with Crippen LogP contribution in [0.4, 0.5) is 0 Å². The van der Waals surface area contributed by atoms with Gasteiger partial charge in [0.05, 0.1) is 17.4 Å². The highest BCUT2D eigenvalue weighted by molar-refractivity contribution is 7.89. The number of hydrogen-bond donors (Lipinski definition) is 1. The van der Waals surface area contributed by atoms with Crippen LogP contribution in [0.3, 0.4) is 0 Å². The zero-order valence-electron chi connectivity index (χ0n) is 17.5. The fourth-order valence-electron chi connectivity index (χ4n) is 3.03. The molecule has 10 heteroatoms. The number of hydrogen-bond acceptors (Lipinski definition) is 7. The van der Waals surface area contributed by atoms with Crippen LogP contribution in [0.5, 0.6) is 0 Å². The predicted octanol–water partition coefficient (Wildman–Crippen LogP) is 0.927. The fourth-order valence-corrected chi connectivity index (χ4v) is 4.08. The summed E-state index contributed by atoms with van der Waals surface area (Å²) in [6.45, 7) is 5.42. The van der Waals surface area contributed by atoms with Gasteiger partial charge in [-0.25, -0.2) is 8.42 Å². The SMILES string of the molecule is CCOC(=O)C1CCN(C(=O)COC(=O)CNS(=O)(=O)c2ccc(C)c(C)c2)CC1. The van der Waals surface area contributed by atoms with Crippen LogP contribution in [0.25, 0.3) is 0 Å². The molecule has 0 saturated carbocycles. The summed E-state index contributed by atoms with van der Waals surface area (Å²) in [6.07, 6.45) is 0.989. The molecule has 0 spiro atoms. The molecule has 30 heavy (non-hydrogen) atoms. The molecule has 0 bridgehead atoms. The van der Waals surface area contributed by atoms with Crippen molar-refractivity contribution in [3.05, 3.63) is 29.3 Å². The number of sulfonamides is 1. The zero-order chi connectivity index (χ0) is 22.3. The van der Waals surface area contributed by atoms with E-state index in [9.17, 15) is 22.8 Å². The van der Waals surface area contributed by atoms with Crippen LogP contribution in [0, 0.1) is 19.8 Å². The molecule has 0 aromatic heterocycles. The first-order chi connectivity index (χ1) is 14.1. The fraction of sp³-hybridized carbons (Fsp3) is 0.550. The average Bonchev–Trinajstić information content (AvgIpc) is 2.72. The van der Waals surface area contributed by atoms with Crippen LogP contribution >= 0.6 is 0 Å². The molecule has 1 aliphatic rings. The third-order valence-electron chi connectivity index (χ3n) is 5.02. The Morgan fingerprint density at radius 3 is 2.37 bits per heavy atom. The molecule has 0 aliphatic carbocycles. The second kappa shape index (κ2) is 10.5. The summed E-state index contributed by atoms with van der Waals surface area (Å²) < 4.78 is 36.6. The molecule has 1 saturated heterocycles. The molecular weight excluding hydrogens is 412 g/mol. The molecule has 1 aromatic rings. The van der Waals surface area contributed by atoms with Gasteiger partial charge in [-0.2, -0.15) is 4.72 Å². The summed E-state index contributed by atoms with van der Waals surface area (Å²) in [4.78, 5) is 37.4. The van der Waals surface area contributed by atoms with Crippen molar-refractivity contribution in [2.45, 2.75) is 38.5 Å². The lowest BCUT2D eigenvalue weighted by molar-refractivity contribution is -0.154. The number of nitrogens with zero attached hydrogens (tertiary/aromatic N) is 1. The lowest BCUT2D eigenvalue weighted by Gasteiger charge is -2.30. The van der Waals surface area contributed by atoms with Crippen molar-refractivity contribution in [3.63, 3.8) is 0 Å². The van der Waals surface area contributed by atoms with Crippen molar-refractivity contribution in [1.29, 1.82) is 0 Å². The molecule has 9 nitrogen and oxygen atoms in total. The molecular formula is C20H28N2O7S. The number of esters is 2. The summed E-state index contributed by atoms with van der Waals surface area (Å²) in [5, 5.41) is 0. The number of carbonyl (C=O) groups excluding carboxylic acids is 3. The lowest BCUT2D eigenvalue weighted by atomic mass is 9.97. The van der Waals surface area contributed by atoms with E-state index in [4.69, 9.17) is 9.47 Å². The maximum absolute atomic E-state index is 12.3. The van der Waals surface area contributed by atoms with E-state index in [0.29, 0.717) is 32.5 Å². The molecule has 1 fully saturated rings. The Labute approximate surface area is 176 Å². The highest BCUT2D eigenvalue weighted by Gasteiger charge is 2.28. The first-order valence-electron chi connectivity index (χ1n) is 9.81. The van der Waals surface area contributed by atoms with Gasteiger partial charge in [0.1, 0.15) is 6.54 Å². The minimum Gasteiger partial charge on any atom is -0.466 e. The number of carbonyl (C=O) groups is 3. The second-order valence-electron chi connectivity index (χ2n) is 7.14. The molecule has 0 atom stereocenters. The normalized spacial score (nSPS) is 15.0. The number of nitrogens with one attached hydrogen (secondary N) is 1. The van der Waals surface area contributed by atoms with E-state index in [1.165, 1.54) is 17.0 Å². The molecule has 1 amide bonds. The van der Waals surface area contributed by atoms with Crippen molar-refractivity contribution in [3.8, 4) is 0 Å². The Hall–Kier alpha value is -2.46. The summed E-state index contributed by atoms with van der Waals surface area (Å²) in [5.74, 6) is -1.72. The van der Waals surface area contributed by atoms with Gasteiger partial charge < -0.3 is 14.4 Å². The van der Waals surface area contributed by atoms with Gasteiger partial charge in [-0.15, -0.1) is 0 Å². The van der Waals surface area contributed by atoms with Crippen LogP contribution in [0.2, 0.25) is 0 Å². The van der Waals surface area contributed by atoms with E-state index < -0.39 is 29.1 Å². The summed E-state index contributed by atoms with van der Waals surface area (Å²) in [6, 6.07) is 4.66. The number of amides is 1. The van der Waals surface area contributed by atoms with E-state index in [1.807, 2.05) is 6.92 Å². The lowest BCUT2D eigenvalue weighted by Crippen LogP contribution is -2.43.